The summed E-state index contributed by atoms with van der Waals surface area (Å²) in [6.45, 7) is 5.51. The molecule has 2 aromatic heterocycles. The van der Waals surface area contributed by atoms with Crippen LogP contribution < -0.4 is 15.5 Å². The molecule has 0 aliphatic heterocycles. The number of carbonyl (C=O) groups is 1. The number of nitrogens with zero attached hydrogens (tertiary/aromatic N) is 1. The Morgan fingerprint density at radius 1 is 1.06 bits per heavy atom. The molecule has 0 bridgehead atoms. The molecule has 4 aromatic rings. The van der Waals surface area contributed by atoms with Gasteiger partial charge < -0.3 is 9.73 Å². The SMILES string of the molecule is Cc1cc([C@@H](C)Nc2cccnc2C(=O)NS(C)(=O)=O)c2oc(-c3ccccc3)c(C)c(=O)c2c1. The third-order valence-corrected chi connectivity index (χ3v) is 6.12. The lowest BCUT2D eigenvalue weighted by Gasteiger charge is -2.20. The van der Waals surface area contributed by atoms with Crippen molar-refractivity contribution in [3.63, 3.8) is 0 Å². The van der Waals surface area contributed by atoms with Gasteiger partial charge in [0, 0.05) is 22.9 Å². The van der Waals surface area contributed by atoms with Gasteiger partial charge in [-0.2, -0.15) is 0 Å². The van der Waals surface area contributed by atoms with Crippen LogP contribution >= 0.6 is 0 Å². The van der Waals surface area contributed by atoms with Crippen LogP contribution in [-0.2, 0) is 10.0 Å². The lowest BCUT2D eigenvalue weighted by atomic mass is 9.98. The van der Waals surface area contributed by atoms with E-state index in [2.05, 4.69) is 10.3 Å². The van der Waals surface area contributed by atoms with E-state index in [1.54, 1.807) is 25.1 Å². The molecule has 0 aliphatic rings. The maximum Gasteiger partial charge on any atom is 0.285 e. The number of rotatable bonds is 6. The fourth-order valence-electron chi connectivity index (χ4n) is 3.98. The van der Waals surface area contributed by atoms with Gasteiger partial charge in [0.05, 0.1) is 23.4 Å². The van der Waals surface area contributed by atoms with Gasteiger partial charge in [-0.05, 0) is 44.5 Å². The van der Waals surface area contributed by atoms with Crippen molar-refractivity contribution in [1.29, 1.82) is 0 Å². The molecule has 4 rings (SSSR count). The first kappa shape index (κ1) is 24.2. The number of fused-ring (bicyclic) bond motifs is 1. The minimum atomic E-state index is -3.76. The van der Waals surface area contributed by atoms with Crippen LogP contribution in [0.4, 0.5) is 5.69 Å². The third kappa shape index (κ3) is 5.09. The molecule has 0 radical (unpaired) electrons. The van der Waals surface area contributed by atoms with Gasteiger partial charge in [0.2, 0.25) is 10.0 Å². The first-order valence-corrected chi connectivity index (χ1v) is 12.8. The first-order chi connectivity index (χ1) is 16.5. The number of carbonyl (C=O) groups excluding carboxylic acids is 1. The molecule has 2 aromatic carbocycles. The van der Waals surface area contributed by atoms with E-state index >= 15 is 0 Å². The predicted molar refractivity (Wildman–Crippen MR) is 136 cm³/mol. The molecular formula is C26H25N3O5S. The highest BCUT2D eigenvalue weighted by atomic mass is 32.2. The van der Waals surface area contributed by atoms with Crippen LogP contribution in [-0.4, -0.2) is 25.6 Å². The predicted octanol–water partition coefficient (Wildman–Crippen LogP) is 4.33. The maximum atomic E-state index is 13.3. The number of hydrogen-bond donors (Lipinski definition) is 2. The normalized spacial score (nSPS) is 12.3. The number of sulfonamides is 1. The van der Waals surface area contributed by atoms with E-state index in [4.69, 9.17) is 4.42 Å². The smallest absolute Gasteiger partial charge is 0.285 e. The second-order valence-electron chi connectivity index (χ2n) is 8.45. The summed E-state index contributed by atoms with van der Waals surface area (Å²) in [6, 6.07) is 16.0. The fraction of sp³-hybridized carbons (Fsp3) is 0.192. The zero-order valence-corrected chi connectivity index (χ0v) is 20.6. The molecule has 0 saturated carbocycles. The molecule has 0 aliphatic carbocycles. The average molecular weight is 492 g/mol. The highest BCUT2D eigenvalue weighted by Gasteiger charge is 2.21. The van der Waals surface area contributed by atoms with E-state index in [9.17, 15) is 18.0 Å². The summed E-state index contributed by atoms with van der Waals surface area (Å²) in [4.78, 5) is 29.8. The monoisotopic (exact) mass is 491 g/mol. The summed E-state index contributed by atoms with van der Waals surface area (Å²) in [5.74, 6) is -0.347. The summed E-state index contributed by atoms with van der Waals surface area (Å²) in [7, 11) is -3.76. The van der Waals surface area contributed by atoms with Crippen LogP contribution in [0.15, 0.2) is 70.0 Å². The molecular weight excluding hydrogens is 466 g/mol. The molecule has 8 nitrogen and oxygen atoms in total. The zero-order chi connectivity index (χ0) is 25.3. The van der Waals surface area contributed by atoms with Crippen molar-refractivity contribution >= 4 is 32.6 Å². The van der Waals surface area contributed by atoms with E-state index in [-0.39, 0.29) is 11.1 Å². The van der Waals surface area contributed by atoms with Gasteiger partial charge in [0.15, 0.2) is 11.1 Å². The fourth-order valence-corrected chi connectivity index (χ4v) is 4.42. The Kier molecular flexibility index (Phi) is 6.45. The van der Waals surface area contributed by atoms with Crippen molar-refractivity contribution in [2.45, 2.75) is 26.8 Å². The van der Waals surface area contributed by atoms with E-state index in [1.807, 2.05) is 55.0 Å². The molecule has 0 saturated heterocycles. The molecule has 2 heterocycles. The lowest BCUT2D eigenvalue weighted by molar-refractivity contribution is 0.0977. The summed E-state index contributed by atoms with van der Waals surface area (Å²) in [6.07, 6.45) is 2.31. The quantitative estimate of drug-likeness (QED) is 0.412. The third-order valence-electron chi connectivity index (χ3n) is 5.57. The van der Waals surface area contributed by atoms with Crippen molar-refractivity contribution < 1.29 is 17.6 Å². The number of aryl methyl sites for hydroxylation is 1. The van der Waals surface area contributed by atoms with Gasteiger partial charge in [0.25, 0.3) is 5.91 Å². The molecule has 0 fully saturated rings. The van der Waals surface area contributed by atoms with Gasteiger partial charge in [-0.15, -0.1) is 0 Å². The number of hydrogen-bond acceptors (Lipinski definition) is 7. The Bertz CT molecular complexity index is 1600. The van der Waals surface area contributed by atoms with Crippen LogP contribution in [0.5, 0.6) is 0 Å². The summed E-state index contributed by atoms with van der Waals surface area (Å²) < 4.78 is 31.4. The zero-order valence-electron chi connectivity index (χ0n) is 19.7. The van der Waals surface area contributed by atoms with Crippen molar-refractivity contribution in [1.82, 2.24) is 9.71 Å². The molecule has 0 spiro atoms. The molecule has 35 heavy (non-hydrogen) atoms. The van der Waals surface area contributed by atoms with Crippen LogP contribution in [0.3, 0.4) is 0 Å². The van der Waals surface area contributed by atoms with E-state index in [0.717, 1.165) is 17.4 Å². The van der Waals surface area contributed by atoms with Gasteiger partial charge >= 0.3 is 0 Å². The number of nitrogens with one attached hydrogen (secondary N) is 2. The number of aromatic nitrogens is 1. The maximum absolute atomic E-state index is 13.3. The topological polar surface area (TPSA) is 118 Å². The van der Waals surface area contributed by atoms with Crippen molar-refractivity contribution in [3.05, 3.63) is 93.4 Å². The standard InChI is InChI=1S/C26H25N3O5S/c1-15-13-19(17(3)28-21-11-8-12-27-22(21)26(31)29-35(4,32)33)25-20(14-15)23(30)16(2)24(34-25)18-9-6-5-7-10-18/h5-14,17,28H,1-4H3,(H,29,31)/t17-/m1/s1. The Morgan fingerprint density at radius 2 is 1.77 bits per heavy atom. The first-order valence-electron chi connectivity index (χ1n) is 10.9. The number of amides is 1. The molecule has 1 atom stereocenters. The van der Waals surface area contributed by atoms with Crippen molar-refractivity contribution in [2.24, 2.45) is 0 Å². The molecule has 2 N–H and O–H groups in total. The second-order valence-corrected chi connectivity index (χ2v) is 10.2. The molecule has 180 valence electrons. The van der Waals surface area contributed by atoms with Gasteiger partial charge in [-0.25, -0.2) is 18.1 Å². The molecule has 1 amide bonds. The highest BCUT2D eigenvalue weighted by Crippen LogP contribution is 2.32. The summed E-state index contributed by atoms with van der Waals surface area (Å²) in [5.41, 5.74) is 3.51. The largest absolute Gasteiger partial charge is 0.455 e. The average Bonchev–Trinajstić information content (AvgIpc) is 2.81. The van der Waals surface area contributed by atoms with Crippen LogP contribution in [0.25, 0.3) is 22.3 Å². The van der Waals surface area contributed by atoms with Gasteiger partial charge in [-0.1, -0.05) is 36.4 Å². The Morgan fingerprint density at radius 3 is 2.46 bits per heavy atom. The number of pyridine rings is 1. The number of benzene rings is 2. The summed E-state index contributed by atoms with van der Waals surface area (Å²) >= 11 is 0. The minimum Gasteiger partial charge on any atom is -0.455 e. The van der Waals surface area contributed by atoms with Crippen LogP contribution in [0, 0.1) is 13.8 Å². The highest BCUT2D eigenvalue weighted by molar-refractivity contribution is 7.89. The van der Waals surface area contributed by atoms with E-state index in [1.165, 1.54) is 6.20 Å². The summed E-state index contributed by atoms with van der Waals surface area (Å²) in [5, 5.41) is 3.69. The Labute approximate surface area is 203 Å². The second kappa shape index (κ2) is 9.34. The van der Waals surface area contributed by atoms with Crippen molar-refractivity contribution in [3.8, 4) is 11.3 Å². The van der Waals surface area contributed by atoms with Crippen LogP contribution in [0.2, 0.25) is 0 Å². The van der Waals surface area contributed by atoms with E-state index < -0.39 is 22.0 Å². The van der Waals surface area contributed by atoms with Gasteiger partial charge in [0.1, 0.15) is 11.3 Å². The van der Waals surface area contributed by atoms with E-state index in [0.29, 0.717) is 33.5 Å². The van der Waals surface area contributed by atoms with Crippen LogP contribution in [0.1, 0.15) is 40.1 Å². The Hall–Kier alpha value is -3.98. The van der Waals surface area contributed by atoms with Crippen molar-refractivity contribution in [2.75, 3.05) is 11.6 Å². The lowest BCUT2D eigenvalue weighted by Crippen LogP contribution is -2.30. The molecule has 0 unspecified atom stereocenters. The molecule has 9 heteroatoms. The number of anilines is 1. The van der Waals surface area contributed by atoms with Gasteiger partial charge in [-0.3, -0.25) is 9.59 Å². The Balaban J connectivity index is 1.82. The minimum absolute atomic E-state index is 0.0657.